The Morgan fingerprint density at radius 2 is 2.36 bits per heavy atom. The van der Waals surface area contributed by atoms with Crippen molar-refractivity contribution in [1.82, 2.24) is 0 Å². The first-order valence-corrected chi connectivity index (χ1v) is 4.67. The largest absolute Gasteiger partial charge is 0.462 e. The van der Waals surface area contributed by atoms with Crippen molar-refractivity contribution in [2.75, 3.05) is 6.61 Å². The van der Waals surface area contributed by atoms with Gasteiger partial charge in [-0.2, -0.15) is 0 Å². The normalized spacial score (nSPS) is 9.50. The Balaban J connectivity index is 2.74. The Bertz CT molecular complexity index is 329. The van der Waals surface area contributed by atoms with Gasteiger partial charge < -0.3 is 4.74 Å². The molecule has 1 aromatic rings. The van der Waals surface area contributed by atoms with Crippen molar-refractivity contribution in [3.05, 3.63) is 42.0 Å². The predicted molar refractivity (Wildman–Crippen MR) is 57.1 cm³/mol. The second-order valence-corrected chi connectivity index (χ2v) is 2.97. The van der Waals surface area contributed by atoms with E-state index in [1.165, 1.54) is 0 Å². The predicted octanol–water partition coefficient (Wildman–Crippen LogP) is 2.90. The highest BCUT2D eigenvalue weighted by Gasteiger charge is 2.05. The maximum atomic E-state index is 11.4. The Morgan fingerprint density at radius 3 is 3.00 bits per heavy atom. The standard InChI is InChI=1S/C12H14O2/c1-3-8-14-12(13)11-7-5-6-10(4-2)9-11/h4-7,9H,2-3,8H2,1H3. The third-order valence-electron chi connectivity index (χ3n) is 1.80. The lowest BCUT2D eigenvalue weighted by Gasteiger charge is -2.03. The highest BCUT2D eigenvalue weighted by atomic mass is 16.5. The van der Waals surface area contributed by atoms with Gasteiger partial charge in [-0.25, -0.2) is 4.79 Å². The lowest BCUT2D eigenvalue weighted by molar-refractivity contribution is 0.0505. The molecule has 0 spiro atoms. The molecule has 0 aromatic heterocycles. The van der Waals surface area contributed by atoms with Gasteiger partial charge >= 0.3 is 5.97 Å². The molecule has 0 saturated heterocycles. The van der Waals surface area contributed by atoms with Crippen LogP contribution >= 0.6 is 0 Å². The molecule has 1 rings (SSSR count). The van der Waals surface area contributed by atoms with E-state index in [1.807, 2.05) is 19.1 Å². The van der Waals surface area contributed by atoms with Gasteiger partial charge in [-0.1, -0.05) is 31.7 Å². The Kier molecular flexibility index (Phi) is 3.92. The number of hydrogen-bond donors (Lipinski definition) is 0. The van der Waals surface area contributed by atoms with Crippen LogP contribution in [0.5, 0.6) is 0 Å². The number of hydrogen-bond acceptors (Lipinski definition) is 2. The second kappa shape index (κ2) is 5.22. The van der Waals surface area contributed by atoms with Crippen molar-refractivity contribution >= 4 is 12.0 Å². The van der Waals surface area contributed by atoms with Gasteiger partial charge in [-0.15, -0.1) is 0 Å². The molecule has 0 heterocycles. The van der Waals surface area contributed by atoms with Crippen LogP contribution in [0.4, 0.5) is 0 Å². The minimum Gasteiger partial charge on any atom is -0.462 e. The summed E-state index contributed by atoms with van der Waals surface area (Å²) in [6.07, 6.45) is 2.55. The maximum absolute atomic E-state index is 11.4. The highest BCUT2D eigenvalue weighted by Crippen LogP contribution is 2.07. The molecule has 74 valence electrons. The summed E-state index contributed by atoms with van der Waals surface area (Å²) in [6.45, 7) is 6.08. The monoisotopic (exact) mass is 190 g/mol. The van der Waals surface area contributed by atoms with E-state index in [0.29, 0.717) is 12.2 Å². The number of esters is 1. The minimum atomic E-state index is -0.268. The zero-order chi connectivity index (χ0) is 10.4. The fourth-order valence-corrected chi connectivity index (χ4v) is 1.07. The molecule has 2 nitrogen and oxygen atoms in total. The summed E-state index contributed by atoms with van der Waals surface area (Å²) >= 11 is 0. The van der Waals surface area contributed by atoms with Crippen molar-refractivity contribution in [2.24, 2.45) is 0 Å². The first-order chi connectivity index (χ1) is 6.77. The SMILES string of the molecule is C=Cc1cccc(C(=O)OCCC)c1. The molecule has 0 atom stereocenters. The highest BCUT2D eigenvalue weighted by molar-refractivity contribution is 5.90. The summed E-state index contributed by atoms with van der Waals surface area (Å²) in [5.41, 5.74) is 1.51. The summed E-state index contributed by atoms with van der Waals surface area (Å²) in [6, 6.07) is 7.22. The second-order valence-electron chi connectivity index (χ2n) is 2.97. The Hall–Kier alpha value is -1.57. The van der Waals surface area contributed by atoms with Crippen molar-refractivity contribution in [3.8, 4) is 0 Å². The molecule has 0 saturated carbocycles. The van der Waals surface area contributed by atoms with Gasteiger partial charge in [0, 0.05) is 0 Å². The molecule has 0 N–H and O–H groups in total. The molecule has 2 heteroatoms. The van der Waals surface area contributed by atoms with Crippen LogP contribution in [-0.4, -0.2) is 12.6 Å². The number of carbonyl (C=O) groups is 1. The van der Waals surface area contributed by atoms with E-state index in [4.69, 9.17) is 4.74 Å². The van der Waals surface area contributed by atoms with Crippen LogP contribution in [0.15, 0.2) is 30.8 Å². The minimum absolute atomic E-state index is 0.268. The van der Waals surface area contributed by atoms with Crippen LogP contribution in [0.2, 0.25) is 0 Å². The molecular weight excluding hydrogens is 176 g/mol. The van der Waals surface area contributed by atoms with Gasteiger partial charge in [0.25, 0.3) is 0 Å². The quantitative estimate of drug-likeness (QED) is 0.682. The fraction of sp³-hybridized carbons (Fsp3) is 0.250. The molecule has 1 aromatic carbocycles. The summed E-state index contributed by atoms with van der Waals surface area (Å²) in [5, 5.41) is 0. The third kappa shape index (κ3) is 2.73. The third-order valence-corrected chi connectivity index (χ3v) is 1.80. The van der Waals surface area contributed by atoms with E-state index >= 15 is 0 Å². The molecule has 0 aliphatic heterocycles. The smallest absolute Gasteiger partial charge is 0.338 e. The topological polar surface area (TPSA) is 26.3 Å². The van der Waals surface area contributed by atoms with E-state index in [-0.39, 0.29) is 5.97 Å². The van der Waals surface area contributed by atoms with Crippen molar-refractivity contribution in [2.45, 2.75) is 13.3 Å². The molecule has 0 bridgehead atoms. The van der Waals surface area contributed by atoms with Crippen molar-refractivity contribution in [1.29, 1.82) is 0 Å². The first kappa shape index (κ1) is 10.5. The molecule has 0 radical (unpaired) electrons. The van der Waals surface area contributed by atoms with E-state index in [1.54, 1.807) is 18.2 Å². The van der Waals surface area contributed by atoms with Gasteiger partial charge in [0.05, 0.1) is 12.2 Å². The van der Waals surface area contributed by atoms with Crippen LogP contribution in [0, 0.1) is 0 Å². The number of carbonyl (C=O) groups excluding carboxylic acids is 1. The zero-order valence-corrected chi connectivity index (χ0v) is 8.32. The van der Waals surface area contributed by atoms with Crippen LogP contribution in [0.25, 0.3) is 6.08 Å². The molecule has 0 fully saturated rings. The molecule has 0 amide bonds. The molecule has 14 heavy (non-hydrogen) atoms. The molecule has 0 aliphatic rings. The lowest BCUT2D eigenvalue weighted by atomic mass is 10.1. The summed E-state index contributed by atoms with van der Waals surface area (Å²) in [5.74, 6) is -0.268. The molecular formula is C12H14O2. The summed E-state index contributed by atoms with van der Waals surface area (Å²) in [7, 11) is 0. The fourth-order valence-electron chi connectivity index (χ4n) is 1.07. The molecule has 0 unspecified atom stereocenters. The van der Waals surface area contributed by atoms with Gasteiger partial charge in [0.15, 0.2) is 0 Å². The Morgan fingerprint density at radius 1 is 1.57 bits per heavy atom. The van der Waals surface area contributed by atoms with Gasteiger partial charge in [0.2, 0.25) is 0 Å². The first-order valence-electron chi connectivity index (χ1n) is 4.67. The Labute approximate surface area is 84.2 Å². The van der Waals surface area contributed by atoms with E-state index in [0.717, 1.165) is 12.0 Å². The van der Waals surface area contributed by atoms with Gasteiger partial charge in [0.1, 0.15) is 0 Å². The van der Waals surface area contributed by atoms with Crippen LogP contribution in [0.1, 0.15) is 29.3 Å². The van der Waals surface area contributed by atoms with Crippen molar-refractivity contribution in [3.63, 3.8) is 0 Å². The maximum Gasteiger partial charge on any atom is 0.338 e. The van der Waals surface area contributed by atoms with Gasteiger partial charge in [-0.05, 0) is 24.1 Å². The average Bonchev–Trinajstić information content (AvgIpc) is 2.26. The van der Waals surface area contributed by atoms with Gasteiger partial charge in [-0.3, -0.25) is 0 Å². The van der Waals surface area contributed by atoms with Crippen LogP contribution < -0.4 is 0 Å². The summed E-state index contributed by atoms with van der Waals surface area (Å²) < 4.78 is 5.00. The van der Waals surface area contributed by atoms with E-state index in [9.17, 15) is 4.79 Å². The lowest BCUT2D eigenvalue weighted by Crippen LogP contribution is -2.05. The van der Waals surface area contributed by atoms with E-state index in [2.05, 4.69) is 6.58 Å². The van der Waals surface area contributed by atoms with Crippen LogP contribution in [0.3, 0.4) is 0 Å². The van der Waals surface area contributed by atoms with Crippen molar-refractivity contribution < 1.29 is 9.53 Å². The van der Waals surface area contributed by atoms with E-state index < -0.39 is 0 Å². The molecule has 0 aliphatic carbocycles. The number of benzene rings is 1. The number of ether oxygens (including phenoxy) is 1. The average molecular weight is 190 g/mol. The summed E-state index contributed by atoms with van der Waals surface area (Å²) in [4.78, 5) is 11.4. The van der Waals surface area contributed by atoms with Crippen LogP contribution in [-0.2, 0) is 4.74 Å². The number of rotatable bonds is 4. The zero-order valence-electron chi connectivity index (χ0n) is 8.32.